The first kappa shape index (κ1) is 23.9. The van der Waals surface area contributed by atoms with Crippen molar-refractivity contribution in [3.8, 4) is 0 Å². The molecule has 0 aliphatic heterocycles. The highest BCUT2D eigenvalue weighted by molar-refractivity contribution is 5.67. The lowest BCUT2D eigenvalue weighted by atomic mass is 9.90. The van der Waals surface area contributed by atoms with Gasteiger partial charge in [0.15, 0.2) is 0 Å². The zero-order valence-corrected chi connectivity index (χ0v) is 17.2. The molecule has 0 amide bonds. The van der Waals surface area contributed by atoms with Crippen molar-refractivity contribution in [2.75, 3.05) is 0 Å². The van der Waals surface area contributed by atoms with E-state index in [-0.39, 0.29) is 30.3 Å². The molecule has 0 spiro atoms. The molecule has 1 aliphatic rings. The normalized spacial score (nSPS) is 25.3. The van der Waals surface area contributed by atoms with Gasteiger partial charge in [0.1, 0.15) is 24.6 Å². The molecule has 0 N–H and O–H groups in total. The number of unbranched alkanes of at least 4 members (excludes halogenated alkanes) is 2. The van der Waals surface area contributed by atoms with Crippen LogP contribution < -0.4 is 0 Å². The van der Waals surface area contributed by atoms with Gasteiger partial charge in [0, 0.05) is 45.4 Å². The lowest BCUT2D eigenvalue weighted by molar-refractivity contribution is -0.149. The zero-order chi connectivity index (χ0) is 21.1. The van der Waals surface area contributed by atoms with Gasteiger partial charge in [0.25, 0.3) is 0 Å². The second kappa shape index (κ2) is 12.3. The lowest BCUT2D eigenvalue weighted by Crippen LogP contribution is -2.26. The maximum Gasteiger partial charge on any atom is 0.303 e. The third-order valence-electron chi connectivity index (χ3n) is 4.83. The monoisotopic (exact) mass is 396 g/mol. The standard InChI is InChI=1S/C21H32O7/c1-5-6-7-8-17(26-14(2)23)9-10-18-19(11-12-22)21(28-16(4)25)13-20(18)27-15(3)24/h9-10,12,17-21H,5-8,11,13H2,1-4H3/b10-9+/t17-,18-,19-,20-,21+/m0/s1. The highest BCUT2D eigenvalue weighted by Crippen LogP contribution is 2.39. The molecule has 7 heteroatoms. The van der Waals surface area contributed by atoms with Gasteiger partial charge in [-0.1, -0.05) is 25.8 Å². The van der Waals surface area contributed by atoms with E-state index in [9.17, 15) is 19.2 Å². The Bertz CT molecular complexity index is 569. The van der Waals surface area contributed by atoms with Crippen molar-refractivity contribution >= 4 is 24.2 Å². The van der Waals surface area contributed by atoms with E-state index in [1.807, 2.05) is 6.08 Å². The molecule has 0 bridgehead atoms. The molecule has 158 valence electrons. The second-order valence-corrected chi connectivity index (χ2v) is 7.20. The summed E-state index contributed by atoms with van der Waals surface area (Å²) in [6.07, 6.45) is 7.24. The molecule has 28 heavy (non-hydrogen) atoms. The average molecular weight is 396 g/mol. The van der Waals surface area contributed by atoms with Crippen molar-refractivity contribution in [2.24, 2.45) is 11.8 Å². The summed E-state index contributed by atoms with van der Waals surface area (Å²) in [4.78, 5) is 45.5. The van der Waals surface area contributed by atoms with Gasteiger partial charge < -0.3 is 19.0 Å². The van der Waals surface area contributed by atoms with Crippen molar-refractivity contribution < 1.29 is 33.4 Å². The summed E-state index contributed by atoms with van der Waals surface area (Å²) in [7, 11) is 0. The molecule has 0 heterocycles. The number of aldehydes is 1. The number of carbonyl (C=O) groups is 4. The van der Waals surface area contributed by atoms with E-state index >= 15 is 0 Å². The summed E-state index contributed by atoms with van der Waals surface area (Å²) in [5.41, 5.74) is 0. The van der Waals surface area contributed by atoms with Crippen LogP contribution in [-0.2, 0) is 33.4 Å². The van der Waals surface area contributed by atoms with Gasteiger partial charge in [0.2, 0.25) is 0 Å². The first-order valence-corrected chi connectivity index (χ1v) is 9.92. The highest BCUT2D eigenvalue weighted by Gasteiger charge is 2.45. The van der Waals surface area contributed by atoms with E-state index in [1.165, 1.54) is 20.8 Å². The van der Waals surface area contributed by atoms with E-state index in [0.717, 1.165) is 25.5 Å². The molecule has 1 aliphatic carbocycles. The van der Waals surface area contributed by atoms with Gasteiger partial charge in [-0.05, 0) is 18.9 Å². The zero-order valence-electron chi connectivity index (χ0n) is 17.2. The quantitative estimate of drug-likeness (QED) is 0.174. The number of hydrogen-bond acceptors (Lipinski definition) is 7. The molecule has 1 fully saturated rings. The van der Waals surface area contributed by atoms with Crippen LogP contribution in [0.25, 0.3) is 0 Å². The van der Waals surface area contributed by atoms with Gasteiger partial charge in [-0.2, -0.15) is 0 Å². The van der Waals surface area contributed by atoms with Crippen LogP contribution in [0.4, 0.5) is 0 Å². The molecule has 0 saturated heterocycles. The van der Waals surface area contributed by atoms with Gasteiger partial charge in [0.05, 0.1) is 0 Å². The minimum Gasteiger partial charge on any atom is -0.462 e. The maximum absolute atomic E-state index is 11.5. The van der Waals surface area contributed by atoms with Crippen LogP contribution in [-0.4, -0.2) is 42.5 Å². The number of ether oxygens (including phenoxy) is 3. The summed E-state index contributed by atoms with van der Waals surface area (Å²) < 4.78 is 16.2. The van der Waals surface area contributed by atoms with Crippen LogP contribution in [0.3, 0.4) is 0 Å². The summed E-state index contributed by atoms with van der Waals surface area (Å²) in [5, 5.41) is 0. The first-order chi connectivity index (χ1) is 13.3. The third-order valence-corrected chi connectivity index (χ3v) is 4.83. The molecule has 0 unspecified atom stereocenters. The van der Waals surface area contributed by atoms with E-state index in [4.69, 9.17) is 14.2 Å². The van der Waals surface area contributed by atoms with Gasteiger partial charge in [-0.25, -0.2) is 0 Å². The fourth-order valence-electron chi connectivity index (χ4n) is 3.72. The predicted molar refractivity (Wildman–Crippen MR) is 102 cm³/mol. The third kappa shape index (κ3) is 8.23. The SMILES string of the molecule is CCCCC[C@@H](/C=C/[C@H]1[C@H](CC=O)[C@H](OC(C)=O)C[C@@H]1OC(C)=O)OC(C)=O. The summed E-state index contributed by atoms with van der Waals surface area (Å²) in [5.74, 6) is -1.84. The first-order valence-electron chi connectivity index (χ1n) is 9.92. The van der Waals surface area contributed by atoms with E-state index in [0.29, 0.717) is 12.8 Å². The molecular weight excluding hydrogens is 364 g/mol. The van der Waals surface area contributed by atoms with Crippen LogP contribution in [0, 0.1) is 11.8 Å². The van der Waals surface area contributed by atoms with E-state index < -0.39 is 24.1 Å². The van der Waals surface area contributed by atoms with Crippen LogP contribution in [0.5, 0.6) is 0 Å². The van der Waals surface area contributed by atoms with Crippen LogP contribution in [0.2, 0.25) is 0 Å². The molecular formula is C21H32O7. The van der Waals surface area contributed by atoms with Crippen molar-refractivity contribution in [3.05, 3.63) is 12.2 Å². The Morgan fingerprint density at radius 3 is 2.18 bits per heavy atom. The van der Waals surface area contributed by atoms with E-state index in [1.54, 1.807) is 6.08 Å². The summed E-state index contributed by atoms with van der Waals surface area (Å²) in [6.45, 7) is 6.09. The molecule has 1 rings (SSSR count). The summed E-state index contributed by atoms with van der Waals surface area (Å²) >= 11 is 0. The number of hydrogen-bond donors (Lipinski definition) is 0. The Labute approximate surface area is 166 Å². The Kier molecular flexibility index (Phi) is 10.5. The minimum absolute atomic E-state index is 0.179. The van der Waals surface area contributed by atoms with Crippen molar-refractivity contribution in [2.45, 2.75) is 84.5 Å². The highest BCUT2D eigenvalue weighted by atomic mass is 16.6. The fraction of sp³-hybridized carbons (Fsp3) is 0.714. The number of esters is 3. The van der Waals surface area contributed by atoms with Crippen molar-refractivity contribution in [3.63, 3.8) is 0 Å². The van der Waals surface area contributed by atoms with Gasteiger partial charge >= 0.3 is 17.9 Å². The Morgan fingerprint density at radius 1 is 1.00 bits per heavy atom. The lowest BCUT2D eigenvalue weighted by Gasteiger charge is -2.22. The Morgan fingerprint density at radius 2 is 1.64 bits per heavy atom. The molecule has 5 atom stereocenters. The molecule has 0 aromatic carbocycles. The molecule has 0 aromatic heterocycles. The largest absolute Gasteiger partial charge is 0.462 e. The van der Waals surface area contributed by atoms with Crippen molar-refractivity contribution in [1.82, 2.24) is 0 Å². The number of rotatable bonds is 11. The van der Waals surface area contributed by atoms with Gasteiger partial charge in [-0.15, -0.1) is 0 Å². The molecule has 0 radical (unpaired) electrons. The molecule has 7 nitrogen and oxygen atoms in total. The summed E-state index contributed by atoms with van der Waals surface area (Å²) in [6, 6.07) is 0. The van der Waals surface area contributed by atoms with Crippen LogP contribution in [0.1, 0.15) is 66.2 Å². The van der Waals surface area contributed by atoms with Crippen LogP contribution in [0.15, 0.2) is 12.2 Å². The number of carbonyl (C=O) groups excluding carboxylic acids is 4. The van der Waals surface area contributed by atoms with Crippen LogP contribution >= 0.6 is 0 Å². The smallest absolute Gasteiger partial charge is 0.303 e. The topological polar surface area (TPSA) is 96.0 Å². The molecule has 1 saturated carbocycles. The average Bonchev–Trinajstić information content (AvgIpc) is 2.87. The van der Waals surface area contributed by atoms with Crippen molar-refractivity contribution in [1.29, 1.82) is 0 Å². The molecule has 0 aromatic rings. The fourth-order valence-corrected chi connectivity index (χ4v) is 3.72. The minimum atomic E-state index is -0.506. The Hall–Kier alpha value is -2.18. The van der Waals surface area contributed by atoms with Gasteiger partial charge in [-0.3, -0.25) is 14.4 Å². The second-order valence-electron chi connectivity index (χ2n) is 7.20. The van der Waals surface area contributed by atoms with E-state index in [2.05, 4.69) is 6.92 Å². The maximum atomic E-state index is 11.5. The predicted octanol–water partition coefficient (Wildman–Crippen LogP) is 3.14. The Balaban J connectivity index is 3.02.